The van der Waals surface area contributed by atoms with E-state index in [0.29, 0.717) is 12.1 Å². The first-order chi connectivity index (χ1) is 9.65. The Labute approximate surface area is 117 Å². The molecule has 0 unspecified atom stereocenters. The maximum absolute atomic E-state index is 13.3. The maximum atomic E-state index is 13.3. The molecule has 2 aromatic carbocycles. The van der Waals surface area contributed by atoms with Crippen molar-refractivity contribution in [3.05, 3.63) is 65.0 Å². The predicted molar refractivity (Wildman–Crippen MR) is 77.6 cm³/mol. The number of nitrogens with zero attached hydrogens (tertiary/aromatic N) is 1. The summed E-state index contributed by atoms with van der Waals surface area (Å²) in [5.74, 6) is -0.255. The van der Waals surface area contributed by atoms with Crippen molar-refractivity contribution in [3.63, 3.8) is 0 Å². The summed E-state index contributed by atoms with van der Waals surface area (Å²) in [6, 6.07) is 12.2. The zero-order valence-corrected chi connectivity index (χ0v) is 11.4. The van der Waals surface area contributed by atoms with Crippen LogP contribution < -0.4 is 4.90 Å². The number of rotatable bonds is 1. The number of aryl methyl sites for hydroxylation is 2. The van der Waals surface area contributed by atoms with Gasteiger partial charge in [-0.1, -0.05) is 17.7 Å². The lowest BCUT2D eigenvalue weighted by Crippen LogP contribution is -2.35. The zero-order valence-electron chi connectivity index (χ0n) is 11.4. The Morgan fingerprint density at radius 3 is 2.85 bits per heavy atom. The summed E-state index contributed by atoms with van der Waals surface area (Å²) in [5, 5.41) is 0. The Hall–Kier alpha value is -2.16. The SMILES string of the molecule is Cc1cccc(C(=O)N2CCCc3cc(F)ccc32)c1. The van der Waals surface area contributed by atoms with Crippen LogP contribution in [0.1, 0.15) is 27.9 Å². The molecule has 0 aromatic heterocycles. The Bertz CT molecular complexity index is 666. The average Bonchev–Trinajstić information content (AvgIpc) is 2.45. The van der Waals surface area contributed by atoms with Crippen molar-refractivity contribution in [2.75, 3.05) is 11.4 Å². The van der Waals surface area contributed by atoms with Crippen molar-refractivity contribution in [2.24, 2.45) is 0 Å². The normalized spacial score (nSPS) is 14.0. The quantitative estimate of drug-likeness (QED) is 0.772. The molecule has 3 heteroatoms. The first-order valence-electron chi connectivity index (χ1n) is 6.82. The Morgan fingerprint density at radius 2 is 2.05 bits per heavy atom. The van der Waals surface area contributed by atoms with Crippen LogP contribution >= 0.6 is 0 Å². The summed E-state index contributed by atoms with van der Waals surface area (Å²) >= 11 is 0. The summed E-state index contributed by atoms with van der Waals surface area (Å²) < 4.78 is 13.3. The maximum Gasteiger partial charge on any atom is 0.258 e. The summed E-state index contributed by atoms with van der Waals surface area (Å²) in [5.41, 5.74) is 3.50. The minimum absolute atomic E-state index is 0.0127. The molecule has 2 nitrogen and oxygen atoms in total. The molecule has 0 saturated heterocycles. The van der Waals surface area contributed by atoms with Crippen molar-refractivity contribution in [2.45, 2.75) is 19.8 Å². The van der Waals surface area contributed by atoms with Crippen LogP contribution in [-0.2, 0) is 6.42 Å². The van der Waals surface area contributed by atoms with Crippen molar-refractivity contribution >= 4 is 11.6 Å². The number of carbonyl (C=O) groups is 1. The second-order valence-electron chi connectivity index (χ2n) is 5.20. The third kappa shape index (κ3) is 2.31. The molecule has 0 saturated carbocycles. The highest BCUT2D eigenvalue weighted by Crippen LogP contribution is 2.29. The van der Waals surface area contributed by atoms with Crippen LogP contribution in [0.2, 0.25) is 0 Å². The van der Waals surface area contributed by atoms with E-state index in [1.807, 2.05) is 31.2 Å². The van der Waals surface area contributed by atoms with Crippen LogP contribution in [-0.4, -0.2) is 12.5 Å². The van der Waals surface area contributed by atoms with Gasteiger partial charge in [-0.25, -0.2) is 4.39 Å². The van der Waals surface area contributed by atoms with Gasteiger partial charge < -0.3 is 4.90 Å². The lowest BCUT2D eigenvalue weighted by Gasteiger charge is -2.29. The van der Waals surface area contributed by atoms with Gasteiger partial charge in [0.1, 0.15) is 5.82 Å². The molecule has 1 heterocycles. The highest BCUT2D eigenvalue weighted by Gasteiger charge is 2.23. The van der Waals surface area contributed by atoms with E-state index in [1.54, 1.807) is 11.0 Å². The molecule has 0 spiro atoms. The molecule has 0 fully saturated rings. The van der Waals surface area contributed by atoms with Crippen molar-refractivity contribution in [1.29, 1.82) is 0 Å². The topological polar surface area (TPSA) is 20.3 Å². The minimum atomic E-state index is -0.242. The highest BCUT2D eigenvalue weighted by molar-refractivity contribution is 6.06. The molecule has 20 heavy (non-hydrogen) atoms. The van der Waals surface area contributed by atoms with Crippen LogP contribution in [0, 0.1) is 12.7 Å². The second-order valence-corrected chi connectivity index (χ2v) is 5.20. The number of amides is 1. The molecule has 0 N–H and O–H groups in total. The fourth-order valence-electron chi connectivity index (χ4n) is 2.71. The number of anilines is 1. The van der Waals surface area contributed by atoms with Gasteiger partial charge in [-0.15, -0.1) is 0 Å². The number of benzene rings is 2. The van der Waals surface area contributed by atoms with E-state index in [1.165, 1.54) is 12.1 Å². The van der Waals surface area contributed by atoms with E-state index in [0.717, 1.165) is 29.7 Å². The largest absolute Gasteiger partial charge is 0.308 e. The monoisotopic (exact) mass is 269 g/mol. The lowest BCUT2D eigenvalue weighted by atomic mass is 10.0. The summed E-state index contributed by atoms with van der Waals surface area (Å²) in [6.07, 6.45) is 1.69. The third-order valence-electron chi connectivity index (χ3n) is 3.67. The van der Waals surface area contributed by atoms with Gasteiger partial charge in [0, 0.05) is 17.8 Å². The van der Waals surface area contributed by atoms with Gasteiger partial charge in [0.05, 0.1) is 0 Å². The van der Waals surface area contributed by atoms with Gasteiger partial charge in [0.25, 0.3) is 5.91 Å². The van der Waals surface area contributed by atoms with E-state index in [4.69, 9.17) is 0 Å². The zero-order chi connectivity index (χ0) is 14.1. The minimum Gasteiger partial charge on any atom is -0.308 e. The molecule has 1 aliphatic heterocycles. The molecule has 0 atom stereocenters. The Balaban J connectivity index is 1.98. The number of halogens is 1. The molecule has 2 aromatic rings. The molecular formula is C17H16FNO. The smallest absolute Gasteiger partial charge is 0.258 e. The van der Waals surface area contributed by atoms with E-state index < -0.39 is 0 Å². The van der Waals surface area contributed by atoms with E-state index in [9.17, 15) is 9.18 Å². The summed E-state index contributed by atoms with van der Waals surface area (Å²) in [6.45, 7) is 2.65. The standard InChI is InChI=1S/C17H16FNO/c1-12-4-2-5-14(10-12)17(20)19-9-3-6-13-11-15(18)7-8-16(13)19/h2,4-5,7-8,10-11H,3,6,9H2,1H3. The van der Waals surface area contributed by atoms with Crippen molar-refractivity contribution in [1.82, 2.24) is 0 Å². The van der Waals surface area contributed by atoms with Gasteiger partial charge >= 0.3 is 0 Å². The molecule has 1 amide bonds. The van der Waals surface area contributed by atoms with Crippen LogP contribution in [0.5, 0.6) is 0 Å². The fraction of sp³-hybridized carbons (Fsp3) is 0.235. The molecular weight excluding hydrogens is 253 g/mol. The number of hydrogen-bond acceptors (Lipinski definition) is 1. The van der Waals surface area contributed by atoms with E-state index >= 15 is 0 Å². The highest BCUT2D eigenvalue weighted by atomic mass is 19.1. The molecule has 0 radical (unpaired) electrons. The van der Waals surface area contributed by atoms with E-state index in [2.05, 4.69) is 0 Å². The fourth-order valence-corrected chi connectivity index (χ4v) is 2.71. The number of hydrogen-bond donors (Lipinski definition) is 0. The Kier molecular flexibility index (Phi) is 3.26. The van der Waals surface area contributed by atoms with Crippen LogP contribution in [0.25, 0.3) is 0 Å². The van der Waals surface area contributed by atoms with E-state index in [-0.39, 0.29) is 11.7 Å². The summed E-state index contributed by atoms with van der Waals surface area (Å²) in [7, 11) is 0. The van der Waals surface area contributed by atoms with Gasteiger partial charge in [0.15, 0.2) is 0 Å². The number of carbonyl (C=O) groups excluding carboxylic acids is 1. The summed E-state index contributed by atoms with van der Waals surface area (Å²) in [4.78, 5) is 14.4. The van der Waals surface area contributed by atoms with Crippen molar-refractivity contribution in [3.8, 4) is 0 Å². The van der Waals surface area contributed by atoms with Crippen LogP contribution in [0.3, 0.4) is 0 Å². The van der Waals surface area contributed by atoms with Gasteiger partial charge in [-0.3, -0.25) is 4.79 Å². The van der Waals surface area contributed by atoms with Crippen LogP contribution in [0.4, 0.5) is 10.1 Å². The van der Waals surface area contributed by atoms with Crippen LogP contribution in [0.15, 0.2) is 42.5 Å². The first kappa shape index (κ1) is 12.9. The van der Waals surface area contributed by atoms with Gasteiger partial charge in [0.2, 0.25) is 0 Å². The average molecular weight is 269 g/mol. The number of fused-ring (bicyclic) bond motifs is 1. The second kappa shape index (κ2) is 5.08. The molecule has 0 aliphatic carbocycles. The third-order valence-corrected chi connectivity index (χ3v) is 3.67. The van der Waals surface area contributed by atoms with Crippen molar-refractivity contribution < 1.29 is 9.18 Å². The molecule has 102 valence electrons. The lowest BCUT2D eigenvalue weighted by molar-refractivity contribution is 0.0985. The molecule has 1 aliphatic rings. The molecule has 0 bridgehead atoms. The molecule has 3 rings (SSSR count). The predicted octanol–water partition coefficient (Wildman–Crippen LogP) is 3.73. The Morgan fingerprint density at radius 1 is 1.20 bits per heavy atom. The van der Waals surface area contributed by atoms with Gasteiger partial charge in [-0.2, -0.15) is 0 Å². The first-order valence-corrected chi connectivity index (χ1v) is 6.82. The van der Waals surface area contributed by atoms with Gasteiger partial charge in [-0.05, 0) is 55.7 Å².